The second kappa shape index (κ2) is 7.31. The van der Waals surface area contributed by atoms with E-state index in [1.165, 1.54) is 19.5 Å². The third-order valence-electron chi connectivity index (χ3n) is 4.36. The number of nitrogens with zero attached hydrogens (tertiary/aromatic N) is 1. The Hall–Kier alpha value is -2.41. The number of rotatable bonds is 4. The fourth-order valence-corrected chi connectivity index (χ4v) is 5.66. The summed E-state index contributed by atoms with van der Waals surface area (Å²) in [4.78, 5) is 19.5. The van der Waals surface area contributed by atoms with Crippen LogP contribution in [0, 0.1) is 6.92 Å². The first-order valence-electron chi connectivity index (χ1n) is 8.41. The van der Waals surface area contributed by atoms with Crippen molar-refractivity contribution >= 4 is 50.6 Å². The maximum absolute atomic E-state index is 12.8. The Morgan fingerprint density at radius 1 is 0.926 bits per heavy atom. The zero-order valence-electron chi connectivity index (χ0n) is 14.9. The molecule has 2 N–H and O–H groups in total. The van der Waals surface area contributed by atoms with Gasteiger partial charge < -0.3 is 10.6 Å². The number of nitrogens with two attached hydrogens (primary N) is 1. The lowest BCUT2D eigenvalue weighted by Crippen LogP contribution is -2.25. The third-order valence-corrected chi connectivity index (χ3v) is 7.87. The summed E-state index contributed by atoms with van der Waals surface area (Å²) in [6.45, 7) is 1.91. The Kier molecular flexibility index (Phi) is 4.86. The van der Waals surface area contributed by atoms with Gasteiger partial charge in [0.25, 0.3) is 5.91 Å². The van der Waals surface area contributed by atoms with Crippen molar-refractivity contribution in [1.82, 2.24) is 0 Å². The molecule has 3 nitrogen and oxygen atoms in total. The molecule has 0 aliphatic carbocycles. The molecular weight excluding hydrogens is 392 g/mol. The number of thiophene rings is 3. The van der Waals surface area contributed by atoms with Crippen LogP contribution in [0.3, 0.4) is 0 Å². The van der Waals surface area contributed by atoms with Crippen LogP contribution in [0.2, 0.25) is 0 Å². The van der Waals surface area contributed by atoms with Gasteiger partial charge in [0.15, 0.2) is 0 Å². The number of aryl methyl sites for hydroxylation is 1. The van der Waals surface area contributed by atoms with Crippen molar-refractivity contribution in [1.29, 1.82) is 0 Å². The zero-order chi connectivity index (χ0) is 19.0. The van der Waals surface area contributed by atoms with E-state index in [4.69, 9.17) is 5.73 Å². The van der Waals surface area contributed by atoms with E-state index in [0.29, 0.717) is 11.3 Å². The lowest BCUT2D eigenvalue weighted by molar-refractivity contribution is 0.0993. The number of benzene rings is 1. The van der Waals surface area contributed by atoms with Crippen LogP contribution in [0.5, 0.6) is 0 Å². The molecule has 0 aliphatic heterocycles. The van der Waals surface area contributed by atoms with Gasteiger partial charge in [-0.05, 0) is 66.4 Å². The lowest BCUT2D eigenvalue weighted by Gasteiger charge is -2.15. The molecule has 6 heteroatoms. The maximum Gasteiger partial charge on any atom is 0.258 e. The molecule has 0 saturated heterocycles. The van der Waals surface area contributed by atoms with Gasteiger partial charge in [0.2, 0.25) is 0 Å². The van der Waals surface area contributed by atoms with Crippen molar-refractivity contribution in [2.45, 2.75) is 6.92 Å². The van der Waals surface area contributed by atoms with E-state index in [1.54, 1.807) is 51.0 Å². The van der Waals surface area contributed by atoms with Gasteiger partial charge in [0.1, 0.15) is 0 Å². The molecule has 0 bridgehead atoms. The monoisotopic (exact) mass is 410 g/mol. The van der Waals surface area contributed by atoms with Gasteiger partial charge in [-0.1, -0.05) is 6.07 Å². The van der Waals surface area contributed by atoms with Crippen LogP contribution in [0.1, 0.15) is 15.9 Å². The molecule has 3 aromatic heterocycles. The molecule has 0 atom stereocenters. The van der Waals surface area contributed by atoms with Gasteiger partial charge in [-0.2, -0.15) is 0 Å². The van der Waals surface area contributed by atoms with Crippen LogP contribution in [0.4, 0.5) is 10.7 Å². The Labute approximate surface area is 170 Å². The Balaban J connectivity index is 1.56. The first-order valence-corrected chi connectivity index (χ1v) is 10.9. The van der Waals surface area contributed by atoms with Gasteiger partial charge in [0.05, 0.1) is 5.00 Å². The molecule has 4 aromatic rings. The van der Waals surface area contributed by atoms with Crippen LogP contribution in [-0.4, -0.2) is 13.0 Å². The number of carbonyl (C=O) groups is 1. The molecular formula is C21H18N2OS3. The van der Waals surface area contributed by atoms with Crippen LogP contribution >= 0.6 is 34.0 Å². The van der Waals surface area contributed by atoms with Crippen LogP contribution in [0.15, 0.2) is 60.0 Å². The van der Waals surface area contributed by atoms with Crippen molar-refractivity contribution in [2.75, 3.05) is 17.7 Å². The van der Waals surface area contributed by atoms with E-state index in [2.05, 4.69) is 35.7 Å². The molecule has 0 aliphatic rings. The smallest absolute Gasteiger partial charge is 0.258 e. The fraction of sp³-hybridized carbons (Fsp3) is 0.0952. The Morgan fingerprint density at radius 3 is 2.33 bits per heavy atom. The minimum atomic E-state index is -0.0306. The van der Waals surface area contributed by atoms with Gasteiger partial charge in [-0.25, -0.2) is 0 Å². The van der Waals surface area contributed by atoms with E-state index in [9.17, 15) is 4.79 Å². The van der Waals surface area contributed by atoms with Crippen molar-refractivity contribution in [3.8, 4) is 19.5 Å². The molecule has 0 unspecified atom stereocenters. The normalized spacial score (nSPS) is 10.9. The predicted octanol–water partition coefficient (Wildman–Crippen LogP) is 6.37. The van der Waals surface area contributed by atoms with Crippen molar-refractivity contribution in [2.24, 2.45) is 0 Å². The summed E-state index contributed by atoms with van der Waals surface area (Å²) in [5.74, 6) is -0.0306. The van der Waals surface area contributed by atoms with Crippen molar-refractivity contribution in [3.63, 3.8) is 0 Å². The predicted molar refractivity (Wildman–Crippen MR) is 119 cm³/mol. The highest BCUT2D eigenvalue weighted by Gasteiger charge is 2.17. The largest absolute Gasteiger partial charge is 0.399 e. The Bertz CT molecular complexity index is 1090. The second-order valence-electron chi connectivity index (χ2n) is 6.21. The summed E-state index contributed by atoms with van der Waals surface area (Å²) in [6, 6.07) is 18.0. The Morgan fingerprint density at radius 2 is 1.63 bits per heavy atom. The van der Waals surface area contributed by atoms with Crippen LogP contribution in [-0.2, 0) is 0 Å². The molecule has 0 spiro atoms. The molecule has 1 aromatic carbocycles. The van der Waals surface area contributed by atoms with E-state index in [0.717, 1.165) is 10.6 Å². The van der Waals surface area contributed by atoms with E-state index in [1.807, 2.05) is 26.1 Å². The van der Waals surface area contributed by atoms with E-state index in [-0.39, 0.29) is 5.91 Å². The van der Waals surface area contributed by atoms with Gasteiger partial charge in [-0.3, -0.25) is 4.79 Å². The van der Waals surface area contributed by atoms with Crippen LogP contribution < -0.4 is 10.6 Å². The third kappa shape index (κ3) is 3.56. The molecule has 27 heavy (non-hydrogen) atoms. The number of amides is 1. The summed E-state index contributed by atoms with van der Waals surface area (Å²) in [5.41, 5.74) is 8.13. The summed E-state index contributed by atoms with van der Waals surface area (Å²) in [5, 5.41) is 3.02. The number of hydrogen-bond acceptors (Lipinski definition) is 5. The van der Waals surface area contributed by atoms with E-state index < -0.39 is 0 Å². The second-order valence-corrected chi connectivity index (χ2v) is 9.31. The molecule has 4 rings (SSSR count). The minimum Gasteiger partial charge on any atom is -0.399 e. The summed E-state index contributed by atoms with van der Waals surface area (Å²) in [6.07, 6.45) is 0. The number of hydrogen-bond donors (Lipinski definition) is 1. The number of nitrogen functional groups attached to an aromatic ring is 1. The summed E-state index contributed by atoms with van der Waals surface area (Å²) >= 11 is 5.16. The number of carbonyl (C=O) groups excluding carboxylic acids is 1. The van der Waals surface area contributed by atoms with Crippen molar-refractivity contribution in [3.05, 3.63) is 71.1 Å². The molecule has 0 fully saturated rings. The maximum atomic E-state index is 12.8. The van der Waals surface area contributed by atoms with Crippen LogP contribution in [0.25, 0.3) is 19.5 Å². The number of anilines is 2. The van der Waals surface area contributed by atoms with Crippen molar-refractivity contribution < 1.29 is 4.79 Å². The van der Waals surface area contributed by atoms with Gasteiger partial charge in [0, 0.05) is 37.8 Å². The average molecular weight is 411 g/mol. The fourth-order valence-electron chi connectivity index (χ4n) is 2.76. The highest BCUT2D eigenvalue weighted by Crippen LogP contribution is 2.41. The summed E-state index contributed by atoms with van der Waals surface area (Å²) in [7, 11) is 1.81. The molecule has 136 valence electrons. The topological polar surface area (TPSA) is 46.3 Å². The average Bonchev–Trinajstić information content (AvgIpc) is 3.41. The zero-order valence-corrected chi connectivity index (χ0v) is 17.4. The standard InChI is InChI=1S/C21H18N2OS3/c1-13-12-14(5-6-15(13)22)21(24)23(2)20-10-9-19(27-20)18-8-7-17(26-18)16-4-3-11-25-16/h3-12H,22H2,1-2H3. The highest BCUT2D eigenvalue weighted by atomic mass is 32.1. The molecule has 1 amide bonds. The first-order chi connectivity index (χ1) is 13.0. The van der Waals surface area contributed by atoms with E-state index >= 15 is 0 Å². The first kappa shape index (κ1) is 18.0. The molecule has 3 heterocycles. The van der Waals surface area contributed by atoms with Gasteiger partial charge in [-0.15, -0.1) is 34.0 Å². The van der Waals surface area contributed by atoms with Gasteiger partial charge >= 0.3 is 0 Å². The molecule has 0 saturated carbocycles. The lowest BCUT2D eigenvalue weighted by atomic mass is 10.1. The minimum absolute atomic E-state index is 0.0306. The molecule has 0 radical (unpaired) electrons. The SMILES string of the molecule is Cc1cc(C(=O)N(C)c2ccc(-c3ccc(-c4cccs4)s3)s2)ccc1N. The summed E-state index contributed by atoms with van der Waals surface area (Å²) < 4.78 is 0. The quantitative estimate of drug-likeness (QED) is 0.397. The highest BCUT2D eigenvalue weighted by molar-refractivity contribution is 7.27.